The molecule has 2 nitrogen and oxygen atoms in total. The van der Waals surface area contributed by atoms with E-state index < -0.39 is 6.36 Å². The molecule has 0 spiro atoms. The standard InChI is InChI=1S/C9H7F3O2S/c1-15-8-4-7(14-9(10,11)12)3-2-6(8)5-13/h2-5H,1H3. The van der Waals surface area contributed by atoms with Gasteiger partial charge in [-0.05, 0) is 24.5 Å². The Morgan fingerprint density at radius 1 is 1.40 bits per heavy atom. The lowest BCUT2D eigenvalue weighted by Crippen LogP contribution is -2.17. The van der Waals surface area contributed by atoms with Crippen molar-refractivity contribution in [3.63, 3.8) is 0 Å². The maximum absolute atomic E-state index is 11.9. The number of rotatable bonds is 3. The largest absolute Gasteiger partial charge is 0.573 e. The van der Waals surface area contributed by atoms with Gasteiger partial charge in [-0.15, -0.1) is 24.9 Å². The van der Waals surface area contributed by atoms with Gasteiger partial charge in [0, 0.05) is 10.5 Å². The van der Waals surface area contributed by atoms with Crippen molar-refractivity contribution in [2.24, 2.45) is 0 Å². The number of carbonyl (C=O) groups is 1. The number of ether oxygens (including phenoxy) is 1. The molecule has 0 aromatic heterocycles. The van der Waals surface area contributed by atoms with E-state index in [1.54, 1.807) is 6.26 Å². The molecule has 0 amide bonds. The SMILES string of the molecule is CSc1cc(OC(F)(F)F)ccc1C=O. The second kappa shape index (κ2) is 4.57. The summed E-state index contributed by atoms with van der Waals surface area (Å²) in [5.74, 6) is -0.322. The molecule has 0 unspecified atom stereocenters. The topological polar surface area (TPSA) is 26.3 Å². The van der Waals surface area contributed by atoms with E-state index in [-0.39, 0.29) is 5.75 Å². The minimum atomic E-state index is -4.71. The zero-order valence-corrected chi connectivity index (χ0v) is 8.48. The third-order valence-corrected chi connectivity index (χ3v) is 2.36. The minimum absolute atomic E-state index is 0.322. The summed E-state index contributed by atoms with van der Waals surface area (Å²) in [7, 11) is 0. The van der Waals surface area contributed by atoms with Gasteiger partial charge in [0.15, 0.2) is 6.29 Å². The van der Waals surface area contributed by atoms with Crippen LogP contribution in [-0.2, 0) is 0 Å². The highest BCUT2D eigenvalue weighted by atomic mass is 32.2. The maximum Gasteiger partial charge on any atom is 0.573 e. The lowest BCUT2D eigenvalue weighted by molar-refractivity contribution is -0.274. The first-order valence-corrected chi connectivity index (χ1v) is 5.07. The Morgan fingerprint density at radius 3 is 2.53 bits per heavy atom. The van der Waals surface area contributed by atoms with Crippen molar-refractivity contribution in [2.75, 3.05) is 6.26 Å². The number of aldehydes is 1. The van der Waals surface area contributed by atoms with Crippen LogP contribution in [0.4, 0.5) is 13.2 Å². The normalized spacial score (nSPS) is 11.2. The average molecular weight is 236 g/mol. The van der Waals surface area contributed by atoms with E-state index in [4.69, 9.17) is 0 Å². The van der Waals surface area contributed by atoms with E-state index in [1.807, 2.05) is 0 Å². The fraction of sp³-hybridized carbons (Fsp3) is 0.222. The number of hydrogen-bond donors (Lipinski definition) is 0. The van der Waals surface area contributed by atoms with Crippen molar-refractivity contribution in [1.82, 2.24) is 0 Å². The Balaban J connectivity index is 2.98. The highest BCUT2D eigenvalue weighted by Gasteiger charge is 2.31. The summed E-state index contributed by atoms with van der Waals surface area (Å²) in [6, 6.07) is 3.58. The Kier molecular flexibility index (Phi) is 3.62. The Bertz CT molecular complexity index is 363. The lowest BCUT2D eigenvalue weighted by Gasteiger charge is -2.10. The van der Waals surface area contributed by atoms with Gasteiger partial charge in [0.05, 0.1) is 0 Å². The predicted octanol–water partition coefficient (Wildman–Crippen LogP) is 3.12. The molecule has 0 N–H and O–H groups in total. The first kappa shape index (κ1) is 11.9. The van der Waals surface area contributed by atoms with E-state index >= 15 is 0 Å². The molecule has 0 bridgehead atoms. The number of hydrogen-bond acceptors (Lipinski definition) is 3. The summed E-state index contributed by atoms with van der Waals surface area (Å²) < 4.78 is 39.3. The number of halogens is 3. The Labute approximate surface area is 88.4 Å². The molecule has 0 aliphatic rings. The van der Waals surface area contributed by atoms with E-state index in [1.165, 1.54) is 23.9 Å². The Morgan fingerprint density at radius 2 is 2.07 bits per heavy atom. The summed E-state index contributed by atoms with van der Waals surface area (Å²) in [6.45, 7) is 0. The van der Waals surface area contributed by atoms with E-state index in [2.05, 4.69) is 4.74 Å². The average Bonchev–Trinajstić information content (AvgIpc) is 2.15. The van der Waals surface area contributed by atoms with Crippen LogP contribution in [0.5, 0.6) is 5.75 Å². The lowest BCUT2D eigenvalue weighted by atomic mass is 10.2. The second-order valence-electron chi connectivity index (χ2n) is 2.57. The highest BCUT2D eigenvalue weighted by Crippen LogP contribution is 2.28. The molecular formula is C9H7F3O2S. The van der Waals surface area contributed by atoms with Crippen molar-refractivity contribution in [2.45, 2.75) is 11.3 Å². The van der Waals surface area contributed by atoms with Crippen LogP contribution < -0.4 is 4.74 Å². The molecule has 0 radical (unpaired) electrons. The molecule has 6 heteroatoms. The van der Waals surface area contributed by atoms with Crippen molar-refractivity contribution in [3.05, 3.63) is 23.8 Å². The highest BCUT2D eigenvalue weighted by molar-refractivity contribution is 7.98. The molecule has 82 valence electrons. The van der Waals surface area contributed by atoms with Crippen molar-refractivity contribution < 1.29 is 22.7 Å². The third kappa shape index (κ3) is 3.47. The van der Waals surface area contributed by atoms with Crippen LogP contribution in [0.3, 0.4) is 0 Å². The van der Waals surface area contributed by atoms with E-state index in [0.29, 0.717) is 16.7 Å². The van der Waals surface area contributed by atoms with Gasteiger partial charge in [0.1, 0.15) is 5.75 Å². The van der Waals surface area contributed by atoms with Crippen LogP contribution >= 0.6 is 11.8 Å². The van der Waals surface area contributed by atoms with Crippen LogP contribution in [-0.4, -0.2) is 18.9 Å². The number of alkyl halides is 3. The predicted molar refractivity (Wildman–Crippen MR) is 50.3 cm³/mol. The van der Waals surface area contributed by atoms with Crippen LogP contribution in [0.2, 0.25) is 0 Å². The van der Waals surface area contributed by atoms with Gasteiger partial charge in [-0.2, -0.15) is 0 Å². The van der Waals surface area contributed by atoms with Crippen molar-refractivity contribution in [1.29, 1.82) is 0 Å². The smallest absolute Gasteiger partial charge is 0.406 e. The quantitative estimate of drug-likeness (QED) is 0.595. The molecule has 0 atom stereocenters. The van der Waals surface area contributed by atoms with Crippen LogP contribution in [0.25, 0.3) is 0 Å². The van der Waals surface area contributed by atoms with E-state index in [0.717, 1.165) is 6.07 Å². The van der Waals surface area contributed by atoms with Crippen LogP contribution in [0.1, 0.15) is 10.4 Å². The summed E-state index contributed by atoms with van der Waals surface area (Å²) in [4.78, 5) is 11.0. The van der Waals surface area contributed by atoms with Gasteiger partial charge >= 0.3 is 6.36 Å². The van der Waals surface area contributed by atoms with Gasteiger partial charge < -0.3 is 4.74 Å². The molecule has 0 fully saturated rings. The van der Waals surface area contributed by atoms with Gasteiger partial charge in [-0.25, -0.2) is 0 Å². The summed E-state index contributed by atoms with van der Waals surface area (Å²) in [5.41, 5.74) is 0.344. The molecule has 1 aromatic carbocycles. The molecule has 0 aliphatic carbocycles. The molecule has 1 rings (SSSR count). The minimum Gasteiger partial charge on any atom is -0.406 e. The summed E-state index contributed by atoms with van der Waals surface area (Å²) >= 11 is 1.18. The third-order valence-electron chi connectivity index (χ3n) is 1.57. The monoisotopic (exact) mass is 236 g/mol. The molecule has 0 aliphatic heterocycles. The maximum atomic E-state index is 11.9. The van der Waals surface area contributed by atoms with Crippen molar-refractivity contribution in [3.8, 4) is 5.75 Å². The fourth-order valence-electron chi connectivity index (χ4n) is 0.986. The molecule has 0 saturated carbocycles. The van der Waals surface area contributed by atoms with Gasteiger partial charge in [0.25, 0.3) is 0 Å². The fourth-order valence-corrected chi connectivity index (χ4v) is 1.57. The second-order valence-corrected chi connectivity index (χ2v) is 3.42. The zero-order valence-electron chi connectivity index (χ0n) is 7.67. The van der Waals surface area contributed by atoms with Gasteiger partial charge in [-0.1, -0.05) is 0 Å². The van der Waals surface area contributed by atoms with Gasteiger partial charge in [0.2, 0.25) is 0 Å². The first-order valence-electron chi connectivity index (χ1n) is 3.85. The molecule has 15 heavy (non-hydrogen) atoms. The first-order chi connectivity index (χ1) is 6.96. The van der Waals surface area contributed by atoms with Crippen molar-refractivity contribution >= 4 is 18.0 Å². The molecule has 0 heterocycles. The van der Waals surface area contributed by atoms with Gasteiger partial charge in [-0.3, -0.25) is 4.79 Å². The Hall–Kier alpha value is -1.17. The van der Waals surface area contributed by atoms with E-state index in [9.17, 15) is 18.0 Å². The number of benzene rings is 1. The summed E-state index contributed by atoms with van der Waals surface area (Å²) in [5, 5.41) is 0. The molecule has 0 saturated heterocycles. The molecule has 1 aromatic rings. The number of thioether (sulfide) groups is 1. The van der Waals surface area contributed by atoms with Crippen LogP contribution in [0, 0.1) is 0 Å². The zero-order chi connectivity index (χ0) is 11.5. The van der Waals surface area contributed by atoms with Crippen LogP contribution in [0.15, 0.2) is 23.1 Å². The molecular weight excluding hydrogens is 229 g/mol. The summed E-state index contributed by atoms with van der Waals surface area (Å²) in [6.07, 6.45) is -2.46. The number of carbonyl (C=O) groups excluding carboxylic acids is 1.